The normalized spacial score (nSPS) is 10.4. The summed E-state index contributed by atoms with van der Waals surface area (Å²) < 4.78 is 1.90. The Kier molecular flexibility index (Phi) is 4.30. The Labute approximate surface area is 117 Å². The summed E-state index contributed by atoms with van der Waals surface area (Å²) in [6.07, 6.45) is 8.51. The second-order valence-electron chi connectivity index (χ2n) is 4.25. The van der Waals surface area contributed by atoms with E-state index in [0.29, 0.717) is 0 Å². The molecule has 1 aromatic heterocycles. The lowest BCUT2D eigenvalue weighted by Gasteiger charge is -2.09. The van der Waals surface area contributed by atoms with Crippen LogP contribution in [0.2, 0.25) is 0 Å². The number of aromatic nitrogens is 2. The van der Waals surface area contributed by atoms with Crippen molar-refractivity contribution >= 4 is 12.0 Å². The van der Waals surface area contributed by atoms with Crippen molar-refractivity contribution in [3.05, 3.63) is 54.6 Å². The van der Waals surface area contributed by atoms with Crippen LogP contribution >= 0.6 is 0 Å². The molecule has 0 aliphatic rings. The van der Waals surface area contributed by atoms with Crippen molar-refractivity contribution in [2.75, 3.05) is 13.6 Å². The predicted octanol–water partition coefficient (Wildman–Crippen LogP) is 1.87. The van der Waals surface area contributed by atoms with E-state index in [4.69, 9.17) is 5.26 Å². The van der Waals surface area contributed by atoms with Gasteiger partial charge < -0.3 is 9.47 Å². The fourth-order valence-corrected chi connectivity index (χ4v) is 1.65. The second-order valence-corrected chi connectivity index (χ2v) is 4.25. The number of benzene rings is 1. The van der Waals surface area contributed by atoms with Gasteiger partial charge in [0.05, 0.1) is 12.4 Å². The van der Waals surface area contributed by atoms with E-state index in [0.717, 1.165) is 11.3 Å². The van der Waals surface area contributed by atoms with Crippen LogP contribution in [0, 0.1) is 11.3 Å². The molecule has 0 N–H and O–H groups in total. The number of carbonyl (C=O) groups excluding carboxylic acids is 1. The molecular weight excluding hydrogens is 252 g/mol. The molecule has 0 radical (unpaired) electrons. The first-order valence-electron chi connectivity index (χ1n) is 6.09. The van der Waals surface area contributed by atoms with E-state index in [1.165, 1.54) is 11.0 Å². The van der Waals surface area contributed by atoms with E-state index in [-0.39, 0.29) is 12.5 Å². The molecule has 0 aliphatic heterocycles. The lowest BCUT2D eigenvalue weighted by atomic mass is 10.2. The van der Waals surface area contributed by atoms with Gasteiger partial charge in [0.2, 0.25) is 5.91 Å². The molecule has 0 bridgehead atoms. The highest BCUT2D eigenvalue weighted by Gasteiger charge is 2.02. The van der Waals surface area contributed by atoms with Crippen molar-refractivity contribution in [2.24, 2.45) is 0 Å². The molecule has 1 amide bonds. The minimum atomic E-state index is -0.190. The smallest absolute Gasteiger partial charge is 0.247 e. The first kappa shape index (κ1) is 13.6. The Hall–Kier alpha value is -2.87. The predicted molar refractivity (Wildman–Crippen MR) is 75.8 cm³/mol. The highest BCUT2D eigenvalue weighted by molar-refractivity contribution is 5.91. The lowest BCUT2D eigenvalue weighted by Crippen LogP contribution is -2.24. The molecule has 0 fully saturated rings. The summed E-state index contributed by atoms with van der Waals surface area (Å²) in [5.41, 5.74) is 1.93. The van der Waals surface area contributed by atoms with E-state index in [1.807, 2.05) is 41.1 Å². The molecule has 2 rings (SSSR count). The van der Waals surface area contributed by atoms with Crippen LogP contribution in [0.3, 0.4) is 0 Å². The van der Waals surface area contributed by atoms with Crippen LogP contribution in [0.4, 0.5) is 0 Å². The molecule has 0 unspecified atom stereocenters. The Morgan fingerprint density at radius 3 is 2.80 bits per heavy atom. The minimum Gasteiger partial charge on any atom is -0.329 e. The third kappa shape index (κ3) is 3.33. The molecule has 20 heavy (non-hydrogen) atoms. The molecule has 0 spiro atoms. The highest BCUT2D eigenvalue weighted by Crippen LogP contribution is 2.10. The zero-order chi connectivity index (χ0) is 14.4. The summed E-state index contributed by atoms with van der Waals surface area (Å²) in [6.45, 7) is 0.0861. The van der Waals surface area contributed by atoms with Crippen molar-refractivity contribution < 1.29 is 4.79 Å². The van der Waals surface area contributed by atoms with Crippen molar-refractivity contribution in [1.29, 1.82) is 5.26 Å². The van der Waals surface area contributed by atoms with Gasteiger partial charge in [-0.3, -0.25) is 4.79 Å². The Balaban J connectivity index is 2.04. The molecule has 5 heteroatoms. The van der Waals surface area contributed by atoms with Gasteiger partial charge in [-0.2, -0.15) is 5.26 Å². The fourth-order valence-electron chi connectivity index (χ4n) is 1.65. The second kappa shape index (κ2) is 6.34. The van der Waals surface area contributed by atoms with Gasteiger partial charge in [-0.1, -0.05) is 12.1 Å². The molecule has 0 aliphatic carbocycles. The molecule has 0 atom stereocenters. The number of likely N-dealkylation sites (N-methyl/N-ethyl adjacent to an activating group) is 1. The van der Waals surface area contributed by atoms with Crippen LogP contribution in [-0.2, 0) is 4.79 Å². The topological polar surface area (TPSA) is 61.9 Å². The van der Waals surface area contributed by atoms with Crippen LogP contribution in [0.1, 0.15) is 5.56 Å². The summed E-state index contributed by atoms with van der Waals surface area (Å²) >= 11 is 0. The standard InChI is InChI=1S/C15H14N4O/c1-18(10-8-16)15(20)7-4-13-2-5-14(6-3-13)19-11-9-17-12-19/h2-7,9,11-12H,10H2,1H3/b7-4-. The van der Waals surface area contributed by atoms with E-state index < -0.39 is 0 Å². The number of nitriles is 1. The number of hydrogen-bond acceptors (Lipinski definition) is 3. The molecule has 100 valence electrons. The summed E-state index contributed by atoms with van der Waals surface area (Å²) in [5, 5.41) is 8.52. The summed E-state index contributed by atoms with van der Waals surface area (Å²) in [7, 11) is 1.60. The maximum atomic E-state index is 11.6. The maximum absolute atomic E-state index is 11.6. The monoisotopic (exact) mass is 266 g/mol. The Morgan fingerprint density at radius 1 is 1.45 bits per heavy atom. The molecule has 2 aromatic rings. The molecule has 5 nitrogen and oxygen atoms in total. The molecule has 1 heterocycles. The van der Waals surface area contributed by atoms with Gasteiger partial charge in [-0.15, -0.1) is 0 Å². The zero-order valence-corrected chi connectivity index (χ0v) is 11.1. The van der Waals surface area contributed by atoms with Gasteiger partial charge >= 0.3 is 0 Å². The minimum absolute atomic E-state index is 0.0861. The average molecular weight is 266 g/mol. The van der Waals surface area contributed by atoms with Crippen LogP contribution in [0.5, 0.6) is 0 Å². The number of hydrogen-bond donors (Lipinski definition) is 0. The SMILES string of the molecule is CN(CC#N)C(=O)/C=C\c1ccc(-n2ccnc2)cc1. The Bertz CT molecular complexity index is 636. The molecule has 0 saturated heterocycles. The van der Waals surface area contributed by atoms with Crippen molar-refractivity contribution in [3.63, 3.8) is 0 Å². The van der Waals surface area contributed by atoms with Crippen LogP contribution in [0.25, 0.3) is 11.8 Å². The molecule has 0 saturated carbocycles. The Morgan fingerprint density at radius 2 is 2.20 bits per heavy atom. The van der Waals surface area contributed by atoms with Crippen LogP contribution < -0.4 is 0 Å². The van der Waals surface area contributed by atoms with E-state index in [2.05, 4.69) is 4.98 Å². The van der Waals surface area contributed by atoms with Gasteiger partial charge in [0.1, 0.15) is 6.54 Å². The number of amides is 1. The quantitative estimate of drug-likeness (QED) is 0.627. The average Bonchev–Trinajstić information content (AvgIpc) is 2.99. The number of rotatable bonds is 4. The van der Waals surface area contributed by atoms with E-state index in [1.54, 1.807) is 25.6 Å². The number of imidazole rings is 1. The number of nitrogens with zero attached hydrogens (tertiary/aromatic N) is 4. The van der Waals surface area contributed by atoms with Crippen molar-refractivity contribution in [2.45, 2.75) is 0 Å². The lowest BCUT2D eigenvalue weighted by molar-refractivity contribution is -0.124. The van der Waals surface area contributed by atoms with Gasteiger partial charge in [0.25, 0.3) is 0 Å². The largest absolute Gasteiger partial charge is 0.329 e. The summed E-state index contributed by atoms with van der Waals surface area (Å²) in [5.74, 6) is -0.190. The van der Waals surface area contributed by atoms with Crippen molar-refractivity contribution in [1.82, 2.24) is 14.5 Å². The van der Waals surface area contributed by atoms with Crippen LogP contribution in [-0.4, -0.2) is 34.0 Å². The summed E-state index contributed by atoms with van der Waals surface area (Å²) in [6, 6.07) is 9.67. The molecule has 1 aromatic carbocycles. The maximum Gasteiger partial charge on any atom is 0.247 e. The zero-order valence-electron chi connectivity index (χ0n) is 11.1. The summed E-state index contributed by atoms with van der Waals surface area (Å²) in [4.78, 5) is 17.0. The fraction of sp³-hybridized carbons (Fsp3) is 0.133. The van der Waals surface area contributed by atoms with Gasteiger partial charge in [-0.25, -0.2) is 4.98 Å². The van der Waals surface area contributed by atoms with Gasteiger partial charge in [0.15, 0.2) is 0 Å². The third-order valence-electron chi connectivity index (χ3n) is 2.80. The first-order chi connectivity index (χ1) is 9.70. The van der Waals surface area contributed by atoms with Crippen molar-refractivity contribution in [3.8, 4) is 11.8 Å². The number of carbonyl (C=O) groups is 1. The third-order valence-corrected chi connectivity index (χ3v) is 2.80. The molecular formula is C15H14N4O. The van der Waals surface area contributed by atoms with E-state index >= 15 is 0 Å². The van der Waals surface area contributed by atoms with Gasteiger partial charge in [0, 0.05) is 31.2 Å². The first-order valence-corrected chi connectivity index (χ1v) is 6.09. The van der Waals surface area contributed by atoms with Gasteiger partial charge in [-0.05, 0) is 23.8 Å². The van der Waals surface area contributed by atoms with E-state index in [9.17, 15) is 4.79 Å². The highest BCUT2D eigenvalue weighted by atomic mass is 16.2. The van der Waals surface area contributed by atoms with Crippen LogP contribution in [0.15, 0.2) is 49.1 Å².